The van der Waals surface area contributed by atoms with Crippen molar-refractivity contribution in [2.45, 2.75) is 26.4 Å². The molecular weight excluding hydrogens is 312 g/mol. The van der Waals surface area contributed by atoms with Crippen molar-refractivity contribution in [3.05, 3.63) is 53.3 Å². The average Bonchev–Trinajstić information content (AvgIpc) is 3.29. The van der Waals surface area contributed by atoms with Crippen molar-refractivity contribution in [3.63, 3.8) is 0 Å². The normalized spacial score (nSPS) is 26.2. The molecule has 0 radical (unpaired) electrons. The van der Waals surface area contributed by atoms with E-state index < -0.39 is 0 Å². The fraction of sp³-hybridized carbons (Fsp3) is 0.500. The van der Waals surface area contributed by atoms with Crippen molar-refractivity contribution >= 4 is 5.91 Å². The van der Waals surface area contributed by atoms with Crippen LogP contribution in [0.4, 0.5) is 0 Å². The molecule has 2 saturated heterocycles. The predicted octanol–water partition coefficient (Wildman–Crippen LogP) is 2.59. The minimum Gasteiger partial charge on any atom is -0.337 e. The first-order chi connectivity index (χ1) is 12.1. The van der Waals surface area contributed by atoms with Gasteiger partial charge in [-0.25, -0.2) is 0 Å². The van der Waals surface area contributed by atoms with Crippen LogP contribution < -0.4 is 0 Å². The van der Waals surface area contributed by atoms with Crippen LogP contribution in [-0.2, 0) is 6.54 Å². The van der Waals surface area contributed by atoms with Crippen LogP contribution in [0.2, 0.25) is 0 Å². The molecule has 3 atom stereocenters. The summed E-state index contributed by atoms with van der Waals surface area (Å²) in [5, 5.41) is 4.39. The molecule has 1 aromatic heterocycles. The number of aryl methyl sites for hydroxylation is 2. The van der Waals surface area contributed by atoms with E-state index in [0.29, 0.717) is 23.6 Å². The van der Waals surface area contributed by atoms with Crippen molar-refractivity contribution < 1.29 is 4.79 Å². The summed E-state index contributed by atoms with van der Waals surface area (Å²) in [6.07, 6.45) is 1.88. The number of carbonyl (C=O) groups excluding carboxylic acids is 1. The van der Waals surface area contributed by atoms with E-state index in [1.807, 2.05) is 28.8 Å². The summed E-state index contributed by atoms with van der Waals surface area (Å²) in [5.74, 6) is 1.13. The van der Waals surface area contributed by atoms with E-state index in [1.165, 1.54) is 11.1 Å². The van der Waals surface area contributed by atoms with E-state index in [9.17, 15) is 4.79 Å². The van der Waals surface area contributed by atoms with Gasteiger partial charge >= 0.3 is 0 Å². The van der Waals surface area contributed by atoms with E-state index in [4.69, 9.17) is 0 Å². The number of amides is 1. The number of nitrogens with zero attached hydrogens (tertiary/aromatic N) is 4. The summed E-state index contributed by atoms with van der Waals surface area (Å²) in [6, 6.07) is 10.9. The number of rotatable bonds is 3. The zero-order valence-electron chi connectivity index (χ0n) is 15.2. The van der Waals surface area contributed by atoms with Crippen LogP contribution in [0.5, 0.6) is 0 Å². The van der Waals surface area contributed by atoms with Crippen molar-refractivity contribution in [1.29, 1.82) is 0 Å². The Bertz CT molecular complexity index is 784. The first-order valence-corrected chi connectivity index (χ1v) is 9.17. The van der Waals surface area contributed by atoms with Gasteiger partial charge in [-0.1, -0.05) is 24.3 Å². The van der Waals surface area contributed by atoms with Crippen LogP contribution in [0.25, 0.3) is 0 Å². The molecule has 1 amide bonds. The monoisotopic (exact) mass is 338 g/mol. The van der Waals surface area contributed by atoms with Crippen molar-refractivity contribution in [2.24, 2.45) is 11.8 Å². The molecule has 2 aliphatic rings. The smallest absolute Gasteiger partial charge is 0.274 e. The fourth-order valence-electron chi connectivity index (χ4n) is 4.62. The van der Waals surface area contributed by atoms with Gasteiger partial charge in [0, 0.05) is 44.3 Å². The lowest BCUT2D eigenvalue weighted by atomic mass is 9.88. The number of hydrogen-bond donors (Lipinski definition) is 0. The van der Waals surface area contributed by atoms with Gasteiger partial charge < -0.3 is 4.90 Å². The Labute approximate surface area is 149 Å². The van der Waals surface area contributed by atoms with E-state index in [0.717, 1.165) is 26.2 Å². The zero-order chi connectivity index (χ0) is 17.6. The fourth-order valence-corrected chi connectivity index (χ4v) is 4.62. The molecule has 3 heterocycles. The molecule has 0 aliphatic carbocycles. The van der Waals surface area contributed by atoms with Gasteiger partial charge in [-0.15, -0.1) is 0 Å². The molecule has 132 valence electrons. The minimum atomic E-state index is 0.0767. The van der Waals surface area contributed by atoms with Crippen LogP contribution in [0, 0.1) is 18.8 Å². The van der Waals surface area contributed by atoms with Crippen LogP contribution in [0.15, 0.2) is 36.5 Å². The van der Waals surface area contributed by atoms with Gasteiger partial charge in [-0.05, 0) is 44.0 Å². The molecule has 1 aromatic carbocycles. The highest BCUT2D eigenvalue weighted by atomic mass is 16.2. The molecule has 0 spiro atoms. The lowest BCUT2D eigenvalue weighted by Gasteiger charge is -2.27. The minimum absolute atomic E-state index is 0.0767. The summed E-state index contributed by atoms with van der Waals surface area (Å²) < 4.78 is 1.81. The van der Waals surface area contributed by atoms with Gasteiger partial charge in [0.15, 0.2) is 0 Å². The molecule has 2 aromatic rings. The van der Waals surface area contributed by atoms with Gasteiger partial charge in [0.2, 0.25) is 0 Å². The summed E-state index contributed by atoms with van der Waals surface area (Å²) >= 11 is 0. The van der Waals surface area contributed by atoms with Gasteiger partial charge in [-0.3, -0.25) is 14.4 Å². The Morgan fingerprint density at radius 1 is 1.20 bits per heavy atom. The lowest BCUT2D eigenvalue weighted by Crippen LogP contribution is -2.33. The number of likely N-dealkylation sites (tertiary alicyclic amines) is 2. The third-order valence-corrected chi connectivity index (χ3v) is 5.87. The van der Waals surface area contributed by atoms with Gasteiger partial charge in [0.25, 0.3) is 5.91 Å². The largest absolute Gasteiger partial charge is 0.337 e. The summed E-state index contributed by atoms with van der Waals surface area (Å²) in [5.41, 5.74) is 3.32. The Kier molecular flexibility index (Phi) is 4.12. The third kappa shape index (κ3) is 2.76. The number of carbonyl (C=O) groups is 1. The molecule has 5 heteroatoms. The molecule has 0 bridgehead atoms. The summed E-state index contributed by atoms with van der Waals surface area (Å²) in [4.78, 5) is 17.3. The second-order valence-corrected chi connectivity index (χ2v) is 7.43. The number of fused-ring (bicyclic) bond motifs is 1. The number of hydrogen-bond acceptors (Lipinski definition) is 3. The van der Waals surface area contributed by atoms with Crippen molar-refractivity contribution in [3.8, 4) is 0 Å². The quantitative estimate of drug-likeness (QED) is 0.864. The lowest BCUT2D eigenvalue weighted by molar-refractivity contribution is 0.0761. The van der Waals surface area contributed by atoms with Crippen molar-refractivity contribution in [2.75, 3.05) is 26.7 Å². The SMILES string of the molecule is CCn1ccc(C(=O)N2C[C@@H]3CN(C)[C@H](c4ccccc4C)[C@@H]3C2)n1. The average molecular weight is 338 g/mol. The molecule has 5 nitrogen and oxygen atoms in total. The van der Waals surface area contributed by atoms with Gasteiger partial charge in [-0.2, -0.15) is 5.10 Å². The summed E-state index contributed by atoms with van der Waals surface area (Å²) in [7, 11) is 2.21. The van der Waals surface area contributed by atoms with E-state index in [2.05, 4.69) is 48.2 Å². The van der Waals surface area contributed by atoms with E-state index >= 15 is 0 Å². The standard InChI is InChI=1S/C20H26N4O/c1-4-24-10-9-18(21-24)20(25)23-12-15-11-22(3)19(17(15)13-23)16-8-6-5-7-14(16)2/h5-10,15,17,19H,4,11-13H2,1-3H3/t15-,17+,19+/m0/s1. The van der Waals surface area contributed by atoms with Crippen LogP contribution in [-0.4, -0.2) is 52.2 Å². The molecule has 25 heavy (non-hydrogen) atoms. The first-order valence-electron chi connectivity index (χ1n) is 9.17. The van der Waals surface area contributed by atoms with Crippen LogP contribution in [0.1, 0.15) is 34.6 Å². The van der Waals surface area contributed by atoms with Gasteiger partial charge in [0.05, 0.1) is 0 Å². The first kappa shape index (κ1) is 16.3. The Morgan fingerprint density at radius 2 is 2.00 bits per heavy atom. The van der Waals surface area contributed by atoms with Crippen LogP contribution >= 0.6 is 0 Å². The maximum absolute atomic E-state index is 12.8. The topological polar surface area (TPSA) is 41.4 Å². The molecule has 0 saturated carbocycles. The molecule has 0 N–H and O–H groups in total. The van der Waals surface area contributed by atoms with E-state index in [1.54, 1.807) is 0 Å². The Hall–Kier alpha value is -2.14. The molecular formula is C20H26N4O. The molecule has 2 fully saturated rings. The highest BCUT2D eigenvalue weighted by molar-refractivity contribution is 5.92. The van der Waals surface area contributed by atoms with E-state index in [-0.39, 0.29) is 5.91 Å². The molecule has 4 rings (SSSR count). The summed E-state index contributed by atoms with van der Waals surface area (Å²) in [6.45, 7) is 7.73. The Morgan fingerprint density at radius 3 is 2.72 bits per heavy atom. The zero-order valence-corrected chi connectivity index (χ0v) is 15.2. The maximum Gasteiger partial charge on any atom is 0.274 e. The molecule has 2 aliphatic heterocycles. The third-order valence-electron chi connectivity index (χ3n) is 5.87. The Balaban J connectivity index is 1.55. The number of aromatic nitrogens is 2. The van der Waals surface area contributed by atoms with Crippen LogP contribution in [0.3, 0.4) is 0 Å². The molecule has 0 unspecified atom stereocenters. The highest BCUT2D eigenvalue weighted by Crippen LogP contribution is 2.45. The second-order valence-electron chi connectivity index (χ2n) is 7.43. The maximum atomic E-state index is 12.8. The number of benzene rings is 1. The highest BCUT2D eigenvalue weighted by Gasteiger charge is 2.47. The predicted molar refractivity (Wildman–Crippen MR) is 97.3 cm³/mol. The second kappa shape index (κ2) is 6.30. The van der Waals surface area contributed by atoms with Crippen molar-refractivity contribution in [1.82, 2.24) is 19.6 Å². The van der Waals surface area contributed by atoms with Gasteiger partial charge in [0.1, 0.15) is 5.69 Å².